The summed E-state index contributed by atoms with van der Waals surface area (Å²) >= 11 is 12.1. The molecule has 0 bridgehead atoms. The molecule has 0 fully saturated rings. The van der Waals surface area contributed by atoms with Gasteiger partial charge < -0.3 is 14.5 Å². The average Bonchev–Trinajstić information content (AvgIpc) is 3.13. The van der Waals surface area contributed by atoms with Crippen molar-refractivity contribution in [3.63, 3.8) is 0 Å². The first-order chi connectivity index (χ1) is 13.0. The molecule has 3 rings (SSSR count). The number of hydrogen-bond donors (Lipinski definition) is 1. The van der Waals surface area contributed by atoms with Gasteiger partial charge in [-0.2, -0.15) is 0 Å². The maximum atomic E-state index is 8.36. The first kappa shape index (κ1) is 20.5. The first-order valence-corrected chi connectivity index (χ1v) is 8.63. The van der Waals surface area contributed by atoms with E-state index in [1.54, 1.807) is 12.5 Å². The molecule has 1 aromatic heterocycles. The van der Waals surface area contributed by atoms with Crippen LogP contribution in [0.4, 0.5) is 0 Å². The highest BCUT2D eigenvalue weighted by atomic mass is 35.5. The highest BCUT2D eigenvalue weighted by molar-refractivity contribution is 6.32. The highest BCUT2D eigenvalue weighted by Gasteiger charge is 2.14. The van der Waals surface area contributed by atoms with Gasteiger partial charge in [-0.1, -0.05) is 47.5 Å². The summed E-state index contributed by atoms with van der Waals surface area (Å²) in [5.74, 6) is 0.858. The van der Waals surface area contributed by atoms with Crippen molar-refractivity contribution in [3.05, 3.63) is 93.0 Å². The molecule has 0 amide bonds. The molecule has 1 heterocycles. The van der Waals surface area contributed by atoms with E-state index in [0.29, 0.717) is 17.4 Å². The van der Waals surface area contributed by atoms with E-state index in [2.05, 4.69) is 4.98 Å². The van der Waals surface area contributed by atoms with Crippen molar-refractivity contribution in [2.75, 3.05) is 6.61 Å². The summed E-state index contributed by atoms with van der Waals surface area (Å²) in [6, 6.07) is 15.3. The molecule has 0 spiro atoms. The number of para-hydroxylation sites is 1. The number of rotatable bonds is 6. The summed E-state index contributed by atoms with van der Waals surface area (Å²) in [7, 11) is 0. The number of nitrogens with zero attached hydrogens (tertiary/aromatic N) is 3. The maximum absolute atomic E-state index is 8.36. The molecule has 27 heavy (non-hydrogen) atoms. The van der Waals surface area contributed by atoms with Gasteiger partial charge in [0.05, 0.1) is 18.0 Å². The number of imidazole rings is 1. The van der Waals surface area contributed by atoms with Gasteiger partial charge in [0.25, 0.3) is 5.09 Å². The lowest BCUT2D eigenvalue weighted by Gasteiger charge is -2.19. The van der Waals surface area contributed by atoms with Gasteiger partial charge in [0.1, 0.15) is 5.75 Å². The minimum Gasteiger partial charge on any atom is -0.491 e. The van der Waals surface area contributed by atoms with E-state index in [-0.39, 0.29) is 5.92 Å². The van der Waals surface area contributed by atoms with Gasteiger partial charge in [-0.25, -0.2) is 4.98 Å². The van der Waals surface area contributed by atoms with E-state index in [1.165, 1.54) is 0 Å². The van der Waals surface area contributed by atoms with Crippen LogP contribution < -0.4 is 4.74 Å². The largest absolute Gasteiger partial charge is 0.491 e. The van der Waals surface area contributed by atoms with Crippen molar-refractivity contribution in [1.82, 2.24) is 9.55 Å². The molecule has 7 nitrogen and oxygen atoms in total. The van der Waals surface area contributed by atoms with Gasteiger partial charge in [0, 0.05) is 29.9 Å². The van der Waals surface area contributed by atoms with Crippen LogP contribution in [-0.2, 0) is 6.54 Å². The molecule has 1 atom stereocenters. The van der Waals surface area contributed by atoms with Crippen LogP contribution in [0.15, 0.2) is 67.3 Å². The lowest BCUT2D eigenvalue weighted by Crippen LogP contribution is -2.16. The van der Waals surface area contributed by atoms with E-state index in [9.17, 15) is 0 Å². The predicted molar refractivity (Wildman–Crippen MR) is 102 cm³/mol. The van der Waals surface area contributed by atoms with Gasteiger partial charge in [-0.15, -0.1) is 10.1 Å². The van der Waals surface area contributed by atoms with Gasteiger partial charge in [0.15, 0.2) is 0 Å². The zero-order valence-electron chi connectivity index (χ0n) is 14.1. The second kappa shape index (κ2) is 10.4. The Morgan fingerprint density at radius 3 is 2.44 bits per heavy atom. The molecule has 0 aliphatic heterocycles. The molecular weight excluding hydrogens is 393 g/mol. The van der Waals surface area contributed by atoms with Crippen molar-refractivity contribution in [2.45, 2.75) is 12.5 Å². The lowest BCUT2D eigenvalue weighted by atomic mass is 10.00. The van der Waals surface area contributed by atoms with E-state index in [0.717, 1.165) is 17.1 Å². The maximum Gasteiger partial charge on any atom is 0.291 e. The summed E-state index contributed by atoms with van der Waals surface area (Å²) in [6.07, 6.45) is 5.52. The third-order valence-corrected chi connectivity index (χ3v) is 4.17. The lowest BCUT2D eigenvalue weighted by molar-refractivity contribution is -0.742. The quantitative estimate of drug-likeness (QED) is 0.470. The monoisotopic (exact) mass is 409 g/mol. The van der Waals surface area contributed by atoms with Crippen molar-refractivity contribution in [2.24, 2.45) is 0 Å². The molecule has 0 aliphatic carbocycles. The fraction of sp³-hybridized carbons (Fsp3) is 0.167. The van der Waals surface area contributed by atoms with Gasteiger partial charge >= 0.3 is 0 Å². The molecule has 0 radical (unpaired) electrons. The summed E-state index contributed by atoms with van der Waals surface area (Å²) < 4.78 is 7.97. The zero-order chi connectivity index (χ0) is 19.6. The number of halogens is 2. The molecular formula is C18H17Cl2N3O4. The number of ether oxygens (including phenoxy) is 1. The van der Waals surface area contributed by atoms with Crippen LogP contribution in [0, 0.1) is 10.1 Å². The van der Waals surface area contributed by atoms with Crippen molar-refractivity contribution in [1.29, 1.82) is 0 Å². The fourth-order valence-corrected chi connectivity index (χ4v) is 2.71. The SMILES string of the molecule is Clc1ccc(C(COc2ccccc2Cl)Cn2ccnc2)cc1.O=[N+]([O-])O. The van der Waals surface area contributed by atoms with E-state index in [4.69, 9.17) is 43.3 Å². The third kappa shape index (κ3) is 7.16. The molecule has 0 saturated heterocycles. The Hall–Kier alpha value is -2.77. The summed E-state index contributed by atoms with van der Waals surface area (Å²) in [6.45, 7) is 1.29. The van der Waals surface area contributed by atoms with Crippen LogP contribution in [0.3, 0.4) is 0 Å². The van der Waals surface area contributed by atoms with Gasteiger partial charge in [0.2, 0.25) is 0 Å². The van der Waals surface area contributed by atoms with Gasteiger partial charge in [-0.05, 0) is 29.8 Å². The summed E-state index contributed by atoms with van der Waals surface area (Å²) in [5.41, 5.74) is 1.16. The van der Waals surface area contributed by atoms with Crippen LogP contribution in [0.2, 0.25) is 10.0 Å². The van der Waals surface area contributed by atoms with Crippen LogP contribution >= 0.6 is 23.2 Å². The number of benzene rings is 2. The topological polar surface area (TPSA) is 90.4 Å². The Bertz CT molecular complexity index is 838. The molecule has 2 aromatic carbocycles. The minimum absolute atomic E-state index is 0.165. The number of hydrogen-bond acceptors (Lipinski definition) is 4. The standard InChI is InChI=1S/C18H16Cl2N2O.HNO3/c19-16-7-5-14(6-8-16)15(11-22-10-9-21-13-22)12-23-18-4-2-1-3-17(18)20;2-1(3)4/h1-10,13,15H,11-12H2;(H,2,3,4). The van der Waals surface area contributed by atoms with Crippen molar-refractivity contribution < 1.29 is 15.0 Å². The van der Waals surface area contributed by atoms with Crippen LogP contribution in [0.1, 0.15) is 11.5 Å². The average molecular weight is 410 g/mol. The normalized spacial score (nSPS) is 11.2. The van der Waals surface area contributed by atoms with Crippen LogP contribution in [-0.4, -0.2) is 26.5 Å². The first-order valence-electron chi connectivity index (χ1n) is 7.87. The Labute approximate surface area is 165 Å². The van der Waals surface area contributed by atoms with Crippen LogP contribution in [0.25, 0.3) is 0 Å². The van der Waals surface area contributed by atoms with E-state index >= 15 is 0 Å². The Morgan fingerprint density at radius 1 is 1.19 bits per heavy atom. The Balaban J connectivity index is 0.000000596. The van der Waals surface area contributed by atoms with Gasteiger partial charge in [-0.3, -0.25) is 0 Å². The molecule has 1 N–H and O–H groups in total. The summed E-state index contributed by atoms with van der Waals surface area (Å²) in [4.78, 5) is 12.5. The van der Waals surface area contributed by atoms with Crippen LogP contribution in [0.5, 0.6) is 5.75 Å². The zero-order valence-corrected chi connectivity index (χ0v) is 15.6. The third-order valence-electron chi connectivity index (χ3n) is 3.61. The fourth-order valence-electron chi connectivity index (χ4n) is 2.39. The minimum atomic E-state index is -1.50. The Kier molecular flexibility index (Phi) is 7.91. The molecule has 1 unspecified atom stereocenters. The number of aromatic nitrogens is 2. The van der Waals surface area contributed by atoms with Crippen molar-refractivity contribution in [3.8, 4) is 5.75 Å². The van der Waals surface area contributed by atoms with E-state index in [1.807, 2.05) is 59.3 Å². The molecule has 9 heteroatoms. The second-order valence-corrected chi connectivity index (χ2v) is 6.33. The molecule has 0 aliphatic rings. The summed E-state index contributed by atoms with van der Waals surface area (Å²) in [5, 5.41) is 15.0. The smallest absolute Gasteiger partial charge is 0.291 e. The molecule has 142 valence electrons. The predicted octanol–water partition coefficient (Wildman–Crippen LogP) is 4.71. The second-order valence-electron chi connectivity index (χ2n) is 5.49. The van der Waals surface area contributed by atoms with Crippen molar-refractivity contribution >= 4 is 23.2 Å². The molecule has 3 aromatic rings. The Morgan fingerprint density at radius 2 is 1.85 bits per heavy atom. The molecule has 0 saturated carbocycles. The van der Waals surface area contributed by atoms with E-state index < -0.39 is 5.09 Å². The highest BCUT2D eigenvalue weighted by Crippen LogP contribution is 2.26.